The molecule has 0 radical (unpaired) electrons. The van der Waals surface area contributed by atoms with Crippen molar-refractivity contribution in [2.75, 3.05) is 31.6 Å². The monoisotopic (exact) mass is 296 g/mol. The molecule has 0 atom stereocenters. The van der Waals surface area contributed by atoms with Crippen LogP contribution >= 0.6 is 11.3 Å². The Morgan fingerprint density at radius 3 is 2.85 bits per heavy atom. The molecule has 20 heavy (non-hydrogen) atoms. The van der Waals surface area contributed by atoms with E-state index in [2.05, 4.69) is 36.0 Å². The zero-order chi connectivity index (χ0) is 14.8. The van der Waals surface area contributed by atoms with Crippen LogP contribution in [0, 0.1) is 0 Å². The van der Waals surface area contributed by atoms with Crippen molar-refractivity contribution in [2.45, 2.75) is 39.3 Å². The Morgan fingerprint density at radius 1 is 1.40 bits per heavy atom. The molecule has 5 nitrogen and oxygen atoms in total. The summed E-state index contributed by atoms with van der Waals surface area (Å²) in [6, 6.07) is 0. The molecule has 1 N–H and O–H groups in total. The van der Waals surface area contributed by atoms with Gasteiger partial charge >= 0.3 is 0 Å². The van der Waals surface area contributed by atoms with Crippen LogP contribution in [0.1, 0.15) is 32.1 Å². The van der Waals surface area contributed by atoms with Gasteiger partial charge in [-0.3, -0.25) is 4.79 Å². The minimum Gasteiger partial charge on any atom is -0.344 e. The van der Waals surface area contributed by atoms with Crippen LogP contribution in [0.2, 0.25) is 0 Å². The first-order valence-electron chi connectivity index (χ1n) is 7.04. The van der Waals surface area contributed by atoms with E-state index in [4.69, 9.17) is 0 Å². The third-order valence-electron chi connectivity index (χ3n) is 3.28. The van der Waals surface area contributed by atoms with Gasteiger partial charge in [-0.25, -0.2) is 4.98 Å². The van der Waals surface area contributed by atoms with Gasteiger partial charge in [-0.15, -0.1) is 11.3 Å². The lowest BCUT2D eigenvalue weighted by Gasteiger charge is -2.20. The summed E-state index contributed by atoms with van der Waals surface area (Å²) >= 11 is 1.67. The van der Waals surface area contributed by atoms with Gasteiger partial charge in [0.05, 0.1) is 6.54 Å². The van der Waals surface area contributed by atoms with Crippen molar-refractivity contribution in [1.29, 1.82) is 0 Å². The molecule has 1 aromatic heterocycles. The van der Waals surface area contributed by atoms with Crippen LogP contribution in [0.5, 0.6) is 0 Å². The molecule has 1 aliphatic heterocycles. The molecule has 112 valence electrons. The average Bonchev–Trinajstić information content (AvgIpc) is 2.76. The second-order valence-corrected chi connectivity index (χ2v) is 7.40. The van der Waals surface area contributed by atoms with E-state index in [-0.39, 0.29) is 11.4 Å². The molecule has 1 saturated heterocycles. The number of carbonyl (C=O) groups excluding carboxylic acids is 1. The number of nitrogens with zero attached hydrogens (tertiary/aromatic N) is 3. The molecule has 1 aromatic rings. The predicted molar refractivity (Wildman–Crippen MR) is 83.2 cm³/mol. The predicted octanol–water partition coefficient (Wildman–Crippen LogP) is 1.70. The van der Waals surface area contributed by atoms with Crippen LogP contribution < -0.4 is 10.2 Å². The number of anilines is 1. The summed E-state index contributed by atoms with van der Waals surface area (Å²) in [6.07, 6.45) is 2.91. The highest BCUT2D eigenvalue weighted by Gasteiger charge is 2.21. The molecule has 0 aromatic carbocycles. The number of carbonyl (C=O) groups is 1. The number of rotatable bonds is 3. The van der Waals surface area contributed by atoms with Gasteiger partial charge in [0.15, 0.2) is 5.13 Å². The van der Waals surface area contributed by atoms with Gasteiger partial charge in [0.1, 0.15) is 0 Å². The summed E-state index contributed by atoms with van der Waals surface area (Å²) in [4.78, 5) is 21.5. The molecular formula is C14H24N4OS. The maximum atomic E-state index is 11.9. The Labute approximate surface area is 125 Å². The van der Waals surface area contributed by atoms with Crippen LogP contribution in [-0.2, 0) is 11.3 Å². The molecule has 0 spiro atoms. The van der Waals surface area contributed by atoms with Gasteiger partial charge in [0.2, 0.25) is 5.91 Å². The van der Waals surface area contributed by atoms with Crippen molar-refractivity contribution >= 4 is 22.4 Å². The van der Waals surface area contributed by atoms with Crippen LogP contribution in [0.4, 0.5) is 5.13 Å². The molecular weight excluding hydrogens is 272 g/mol. The van der Waals surface area contributed by atoms with Gasteiger partial charge < -0.3 is 15.1 Å². The van der Waals surface area contributed by atoms with Crippen molar-refractivity contribution in [3.63, 3.8) is 0 Å². The first-order chi connectivity index (χ1) is 9.35. The molecule has 1 amide bonds. The normalized spacial score (nSPS) is 17.5. The number of aromatic nitrogens is 1. The van der Waals surface area contributed by atoms with Crippen molar-refractivity contribution < 1.29 is 4.79 Å². The van der Waals surface area contributed by atoms with E-state index >= 15 is 0 Å². The third kappa shape index (κ3) is 4.18. The quantitative estimate of drug-likeness (QED) is 0.922. The van der Waals surface area contributed by atoms with Crippen LogP contribution in [0.3, 0.4) is 0 Å². The van der Waals surface area contributed by atoms with Crippen molar-refractivity contribution in [3.05, 3.63) is 11.1 Å². The van der Waals surface area contributed by atoms with Gasteiger partial charge in [0, 0.05) is 43.3 Å². The molecule has 1 aliphatic rings. The standard InChI is InChI=1S/C14H24N4OS/c1-14(2,3)16-9-11-8-15-13(20-11)18-7-5-6-17(4)12(19)10-18/h8,16H,5-7,9-10H2,1-4H3. The van der Waals surface area contributed by atoms with E-state index in [1.54, 1.807) is 16.2 Å². The van der Waals surface area contributed by atoms with E-state index in [0.717, 1.165) is 31.2 Å². The van der Waals surface area contributed by atoms with Gasteiger partial charge in [-0.1, -0.05) is 0 Å². The second kappa shape index (κ2) is 6.10. The van der Waals surface area contributed by atoms with Crippen LogP contribution in [0.15, 0.2) is 6.20 Å². The minimum absolute atomic E-state index is 0.103. The highest BCUT2D eigenvalue weighted by atomic mass is 32.1. The van der Waals surface area contributed by atoms with Crippen molar-refractivity contribution in [1.82, 2.24) is 15.2 Å². The summed E-state index contributed by atoms with van der Waals surface area (Å²) < 4.78 is 0. The first-order valence-corrected chi connectivity index (χ1v) is 7.85. The molecule has 6 heteroatoms. The molecule has 0 bridgehead atoms. The van der Waals surface area contributed by atoms with E-state index in [0.29, 0.717) is 6.54 Å². The number of thiazole rings is 1. The molecule has 1 fully saturated rings. The number of nitrogens with one attached hydrogen (secondary N) is 1. The summed E-state index contributed by atoms with van der Waals surface area (Å²) in [7, 11) is 1.87. The largest absolute Gasteiger partial charge is 0.344 e. The second-order valence-electron chi connectivity index (χ2n) is 6.30. The maximum Gasteiger partial charge on any atom is 0.241 e. The molecule has 0 unspecified atom stereocenters. The Bertz CT molecular complexity index is 466. The fraction of sp³-hybridized carbons (Fsp3) is 0.714. The zero-order valence-corrected chi connectivity index (χ0v) is 13.6. The van der Waals surface area contributed by atoms with Gasteiger partial charge in [-0.05, 0) is 27.2 Å². The smallest absolute Gasteiger partial charge is 0.241 e. The fourth-order valence-electron chi connectivity index (χ4n) is 2.03. The molecule has 2 rings (SSSR count). The SMILES string of the molecule is CN1CCCN(c2ncc(CNC(C)(C)C)s2)CC1=O. The number of amides is 1. The first kappa shape index (κ1) is 15.3. The Balaban J connectivity index is 1.99. The number of hydrogen-bond donors (Lipinski definition) is 1. The fourth-order valence-corrected chi connectivity index (χ4v) is 2.90. The summed E-state index contributed by atoms with van der Waals surface area (Å²) in [5.74, 6) is 0.173. The van der Waals surface area contributed by atoms with E-state index in [1.165, 1.54) is 4.88 Å². The zero-order valence-electron chi connectivity index (χ0n) is 12.8. The molecule has 2 heterocycles. The lowest BCUT2D eigenvalue weighted by Crippen LogP contribution is -2.34. The maximum absolute atomic E-state index is 11.9. The van der Waals surface area contributed by atoms with Gasteiger partial charge in [0.25, 0.3) is 0 Å². The third-order valence-corrected chi connectivity index (χ3v) is 4.34. The minimum atomic E-state index is 0.103. The number of hydrogen-bond acceptors (Lipinski definition) is 5. The Kier molecular flexibility index (Phi) is 4.65. The van der Waals surface area contributed by atoms with E-state index in [1.807, 2.05) is 13.2 Å². The number of likely N-dealkylation sites (N-methyl/N-ethyl adjacent to an activating group) is 1. The summed E-state index contributed by atoms with van der Waals surface area (Å²) in [6.45, 7) is 9.45. The summed E-state index contributed by atoms with van der Waals surface area (Å²) in [5, 5.41) is 4.42. The Morgan fingerprint density at radius 2 is 2.15 bits per heavy atom. The lowest BCUT2D eigenvalue weighted by molar-refractivity contribution is -0.127. The van der Waals surface area contributed by atoms with Crippen molar-refractivity contribution in [2.24, 2.45) is 0 Å². The average molecular weight is 296 g/mol. The van der Waals surface area contributed by atoms with Gasteiger partial charge in [-0.2, -0.15) is 0 Å². The molecule has 0 saturated carbocycles. The highest BCUT2D eigenvalue weighted by molar-refractivity contribution is 7.15. The van der Waals surface area contributed by atoms with Crippen LogP contribution in [0.25, 0.3) is 0 Å². The topological polar surface area (TPSA) is 48.5 Å². The Hall–Kier alpha value is -1.14. The molecule has 0 aliphatic carbocycles. The van der Waals surface area contributed by atoms with Crippen molar-refractivity contribution in [3.8, 4) is 0 Å². The lowest BCUT2D eigenvalue weighted by atomic mass is 10.1. The van der Waals surface area contributed by atoms with E-state index in [9.17, 15) is 4.79 Å². The van der Waals surface area contributed by atoms with Crippen LogP contribution in [-0.4, -0.2) is 48.0 Å². The van der Waals surface area contributed by atoms with E-state index < -0.39 is 0 Å². The summed E-state index contributed by atoms with van der Waals surface area (Å²) in [5.41, 5.74) is 0.103. The highest BCUT2D eigenvalue weighted by Crippen LogP contribution is 2.24.